The second kappa shape index (κ2) is 7.89. The second-order valence-corrected chi connectivity index (χ2v) is 11.9. The number of benzene rings is 1. The first-order chi connectivity index (χ1) is 14.8. The highest BCUT2D eigenvalue weighted by molar-refractivity contribution is 9.10. The summed E-state index contributed by atoms with van der Waals surface area (Å²) in [6, 6.07) is 3.63. The molecule has 0 radical (unpaired) electrons. The SMILES string of the molecule is COc1cc(/C=C2/SC(=S)N(C)C2=O)cc(Br)c1OC(=O)C12CC3CC(CC(C3)C1)C2. The van der Waals surface area contributed by atoms with E-state index in [1.54, 1.807) is 26.3 Å². The number of thioether (sulfide) groups is 1. The van der Waals surface area contributed by atoms with Crippen molar-refractivity contribution in [1.82, 2.24) is 4.90 Å². The van der Waals surface area contributed by atoms with Gasteiger partial charge in [0, 0.05) is 7.05 Å². The molecule has 0 atom stereocenters. The lowest BCUT2D eigenvalue weighted by molar-refractivity contribution is -0.161. The van der Waals surface area contributed by atoms with Gasteiger partial charge in [-0.05, 0) is 96.0 Å². The molecular formula is C23H24BrNO4S2. The van der Waals surface area contributed by atoms with Crippen molar-refractivity contribution in [2.45, 2.75) is 38.5 Å². The van der Waals surface area contributed by atoms with E-state index in [4.69, 9.17) is 21.7 Å². The summed E-state index contributed by atoms with van der Waals surface area (Å²) in [6.45, 7) is 0. The van der Waals surface area contributed by atoms with Crippen molar-refractivity contribution in [2.75, 3.05) is 14.2 Å². The molecule has 8 heteroatoms. The van der Waals surface area contributed by atoms with Crippen LogP contribution < -0.4 is 9.47 Å². The van der Waals surface area contributed by atoms with Crippen molar-refractivity contribution in [3.05, 3.63) is 27.1 Å². The van der Waals surface area contributed by atoms with Gasteiger partial charge in [0.1, 0.15) is 4.32 Å². The first-order valence-electron chi connectivity index (χ1n) is 10.6. The van der Waals surface area contributed by atoms with Gasteiger partial charge >= 0.3 is 5.97 Å². The van der Waals surface area contributed by atoms with Gasteiger partial charge in [-0.2, -0.15) is 0 Å². The highest BCUT2D eigenvalue weighted by Crippen LogP contribution is 2.60. The van der Waals surface area contributed by atoms with Crippen molar-refractivity contribution < 1.29 is 19.1 Å². The molecule has 164 valence electrons. The van der Waals surface area contributed by atoms with Crippen LogP contribution in [-0.4, -0.2) is 35.3 Å². The second-order valence-electron chi connectivity index (χ2n) is 9.36. The monoisotopic (exact) mass is 521 g/mol. The van der Waals surface area contributed by atoms with Gasteiger partial charge in [0.2, 0.25) is 0 Å². The first-order valence-corrected chi connectivity index (χ1v) is 12.6. The number of esters is 1. The average Bonchev–Trinajstić information content (AvgIpc) is 2.95. The molecule has 5 nitrogen and oxygen atoms in total. The van der Waals surface area contributed by atoms with Crippen LogP contribution in [0.4, 0.5) is 0 Å². The molecule has 5 aliphatic rings. The number of nitrogens with zero attached hydrogens (tertiary/aromatic N) is 1. The van der Waals surface area contributed by atoms with Crippen LogP contribution in [-0.2, 0) is 9.59 Å². The maximum Gasteiger partial charge on any atom is 0.317 e. The molecule has 1 heterocycles. The van der Waals surface area contributed by atoms with Gasteiger partial charge in [0.15, 0.2) is 11.5 Å². The van der Waals surface area contributed by atoms with E-state index in [1.807, 2.05) is 6.07 Å². The van der Waals surface area contributed by atoms with E-state index in [9.17, 15) is 9.59 Å². The molecule has 0 unspecified atom stereocenters. The molecule has 0 N–H and O–H groups in total. The molecular weight excluding hydrogens is 498 g/mol. The number of likely N-dealkylation sites (N-methyl/N-ethyl adjacent to an activating group) is 1. The van der Waals surface area contributed by atoms with E-state index in [0.29, 0.717) is 43.0 Å². The molecule has 4 aliphatic carbocycles. The summed E-state index contributed by atoms with van der Waals surface area (Å²) >= 11 is 10.0. The molecule has 0 spiro atoms. The minimum absolute atomic E-state index is 0.120. The predicted octanol–water partition coefficient (Wildman–Crippen LogP) is 5.41. The Kier molecular flexibility index (Phi) is 5.46. The van der Waals surface area contributed by atoms with Crippen molar-refractivity contribution in [3.63, 3.8) is 0 Å². The first kappa shape index (κ1) is 21.5. The fourth-order valence-corrected chi connectivity index (χ4v) is 7.90. The standard InChI is InChI=1S/C23H24BrNO4S2/c1-25-20(26)18(31-22(25)30)8-12-6-16(24)19(17(7-12)28-2)29-21(27)23-9-13-3-14(10-23)5-15(4-13)11-23/h6-8,13-15H,3-5,9-11H2,1-2H3/b18-8+. The third-order valence-electron chi connectivity index (χ3n) is 7.20. The number of carbonyl (C=O) groups is 2. The third-order valence-corrected chi connectivity index (χ3v) is 9.28. The highest BCUT2D eigenvalue weighted by atomic mass is 79.9. The number of hydrogen-bond acceptors (Lipinski definition) is 6. The van der Waals surface area contributed by atoms with E-state index in [-0.39, 0.29) is 17.3 Å². The molecule has 4 saturated carbocycles. The van der Waals surface area contributed by atoms with E-state index in [1.165, 1.54) is 35.9 Å². The number of amides is 1. The molecule has 1 saturated heterocycles. The Balaban J connectivity index is 1.41. The molecule has 5 fully saturated rings. The van der Waals surface area contributed by atoms with Crippen LogP contribution in [0.1, 0.15) is 44.1 Å². The van der Waals surface area contributed by atoms with Crippen LogP contribution in [0, 0.1) is 23.2 Å². The Morgan fingerprint density at radius 2 is 1.84 bits per heavy atom. The van der Waals surface area contributed by atoms with Gasteiger partial charge in [-0.15, -0.1) is 0 Å². The topological polar surface area (TPSA) is 55.8 Å². The van der Waals surface area contributed by atoms with Gasteiger partial charge in [0.05, 0.1) is 21.9 Å². The largest absolute Gasteiger partial charge is 0.493 e. The van der Waals surface area contributed by atoms with Crippen LogP contribution in [0.2, 0.25) is 0 Å². The Morgan fingerprint density at radius 3 is 2.35 bits per heavy atom. The summed E-state index contributed by atoms with van der Waals surface area (Å²) in [4.78, 5) is 27.7. The molecule has 6 rings (SSSR count). The van der Waals surface area contributed by atoms with E-state index in [0.717, 1.165) is 24.8 Å². The Morgan fingerprint density at radius 1 is 1.23 bits per heavy atom. The zero-order chi connectivity index (χ0) is 21.9. The Labute approximate surface area is 200 Å². The Bertz CT molecular complexity index is 986. The third kappa shape index (κ3) is 3.74. The van der Waals surface area contributed by atoms with Crippen molar-refractivity contribution in [3.8, 4) is 11.5 Å². The zero-order valence-electron chi connectivity index (χ0n) is 17.5. The van der Waals surface area contributed by atoms with Crippen LogP contribution in [0.25, 0.3) is 6.08 Å². The molecule has 1 aliphatic heterocycles. The minimum atomic E-state index is -0.340. The normalized spacial score (nSPS) is 32.8. The molecule has 1 aromatic rings. The van der Waals surface area contributed by atoms with E-state index < -0.39 is 0 Å². The van der Waals surface area contributed by atoms with E-state index >= 15 is 0 Å². The maximum absolute atomic E-state index is 13.4. The lowest BCUT2D eigenvalue weighted by Crippen LogP contribution is -2.51. The summed E-state index contributed by atoms with van der Waals surface area (Å²) in [5, 5.41) is 0. The smallest absolute Gasteiger partial charge is 0.317 e. The van der Waals surface area contributed by atoms with E-state index in [2.05, 4.69) is 15.9 Å². The number of thiocarbonyl (C=S) groups is 1. The average molecular weight is 522 g/mol. The highest BCUT2D eigenvalue weighted by Gasteiger charge is 2.55. The van der Waals surface area contributed by atoms with Crippen molar-refractivity contribution >= 4 is 62.2 Å². The fourth-order valence-electron chi connectivity index (χ4n) is 6.18. The van der Waals surface area contributed by atoms with Crippen LogP contribution in [0.5, 0.6) is 11.5 Å². The molecule has 1 amide bonds. The van der Waals surface area contributed by atoms with Gasteiger partial charge in [0.25, 0.3) is 5.91 Å². The van der Waals surface area contributed by atoms with Gasteiger partial charge in [-0.3, -0.25) is 14.5 Å². The number of ether oxygens (including phenoxy) is 2. The Hall–Kier alpha value is -1.38. The van der Waals surface area contributed by atoms with Gasteiger partial charge in [-0.25, -0.2) is 0 Å². The number of hydrogen-bond donors (Lipinski definition) is 0. The fraction of sp³-hybridized carbons (Fsp3) is 0.522. The summed E-state index contributed by atoms with van der Waals surface area (Å²) in [6.07, 6.45) is 8.47. The lowest BCUT2D eigenvalue weighted by Gasteiger charge is -2.55. The predicted molar refractivity (Wildman–Crippen MR) is 128 cm³/mol. The van der Waals surface area contributed by atoms with Crippen molar-refractivity contribution in [2.24, 2.45) is 23.2 Å². The molecule has 1 aromatic carbocycles. The van der Waals surface area contributed by atoms with Crippen LogP contribution in [0.3, 0.4) is 0 Å². The van der Waals surface area contributed by atoms with Gasteiger partial charge in [-0.1, -0.05) is 24.0 Å². The molecule has 4 bridgehead atoms. The summed E-state index contributed by atoms with van der Waals surface area (Å²) < 4.78 is 12.7. The number of rotatable bonds is 4. The quantitative estimate of drug-likeness (QED) is 0.228. The number of carbonyl (C=O) groups excluding carboxylic acids is 2. The minimum Gasteiger partial charge on any atom is -0.493 e. The van der Waals surface area contributed by atoms with Crippen LogP contribution >= 0.6 is 39.9 Å². The zero-order valence-corrected chi connectivity index (χ0v) is 20.7. The summed E-state index contributed by atoms with van der Waals surface area (Å²) in [5.74, 6) is 2.64. The molecule has 31 heavy (non-hydrogen) atoms. The maximum atomic E-state index is 13.4. The lowest BCUT2D eigenvalue weighted by atomic mass is 9.49. The van der Waals surface area contributed by atoms with Crippen LogP contribution in [0.15, 0.2) is 21.5 Å². The summed E-state index contributed by atoms with van der Waals surface area (Å²) in [7, 11) is 3.22. The summed E-state index contributed by atoms with van der Waals surface area (Å²) in [5.41, 5.74) is 0.430. The number of halogens is 1. The van der Waals surface area contributed by atoms with Gasteiger partial charge < -0.3 is 9.47 Å². The number of methoxy groups -OCH3 is 1. The molecule has 0 aromatic heterocycles. The van der Waals surface area contributed by atoms with Crippen molar-refractivity contribution in [1.29, 1.82) is 0 Å².